The lowest BCUT2D eigenvalue weighted by Crippen LogP contribution is -2.31. The van der Waals surface area contributed by atoms with Gasteiger partial charge in [-0.25, -0.2) is 0 Å². The highest BCUT2D eigenvalue weighted by atomic mass is 35.5. The van der Waals surface area contributed by atoms with Crippen molar-refractivity contribution in [3.8, 4) is 0 Å². The molecule has 0 heterocycles. The number of nitrogens with two attached hydrogens (primary N) is 1. The van der Waals surface area contributed by atoms with Crippen LogP contribution in [-0.2, 0) is 0 Å². The third-order valence-electron chi connectivity index (χ3n) is 3.34. The second kappa shape index (κ2) is 5.37. The standard InChI is InChI=1S/C12H16Cl2N2/c13-9-5-2-6-10(14)12(9)11(16-15)7-8-3-1-4-8/h2,5-6,8,11,16H,1,3-4,7,15H2. The van der Waals surface area contributed by atoms with Gasteiger partial charge < -0.3 is 0 Å². The Bertz CT molecular complexity index is 344. The number of rotatable bonds is 4. The predicted octanol–water partition coefficient (Wildman–Crippen LogP) is 3.69. The van der Waals surface area contributed by atoms with Crippen LogP contribution in [0, 0.1) is 5.92 Å². The second-order valence-electron chi connectivity index (χ2n) is 4.39. The quantitative estimate of drug-likeness (QED) is 0.639. The highest BCUT2D eigenvalue weighted by molar-refractivity contribution is 6.36. The number of hydrogen-bond donors (Lipinski definition) is 2. The lowest BCUT2D eigenvalue weighted by atomic mass is 9.80. The van der Waals surface area contributed by atoms with Crippen molar-refractivity contribution in [3.63, 3.8) is 0 Å². The molecular weight excluding hydrogens is 243 g/mol. The molecule has 1 fully saturated rings. The van der Waals surface area contributed by atoms with Gasteiger partial charge in [0, 0.05) is 21.7 Å². The first-order valence-corrected chi connectivity index (χ1v) is 6.38. The van der Waals surface area contributed by atoms with E-state index in [9.17, 15) is 0 Å². The Hall–Kier alpha value is -0.280. The largest absolute Gasteiger partial charge is 0.271 e. The van der Waals surface area contributed by atoms with Gasteiger partial charge in [0.05, 0.1) is 0 Å². The molecule has 0 radical (unpaired) electrons. The van der Waals surface area contributed by atoms with Crippen molar-refractivity contribution < 1.29 is 0 Å². The van der Waals surface area contributed by atoms with Crippen molar-refractivity contribution in [2.75, 3.05) is 0 Å². The summed E-state index contributed by atoms with van der Waals surface area (Å²) in [7, 11) is 0. The summed E-state index contributed by atoms with van der Waals surface area (Å²) >= 11 is 12.3. The van der Waals surface area contributed by atoms with Gasteiger partial charge in [0.2, 0.25) is 0 Å². The summed E-state index contributed by atoms with van der Waals surface area (Å²) in [4.78, 5) is 0. The molecule has 88 valence electrons. The normalized spacial score (nSPS) is 18.2. The fourth-order valence-electron chi connectivity index (χ4n) is 2.17. The first-order chi connectivity index (χ1) is 7.72. The van der Waals surface area contributed by atoms with Crippen molar-refractivity contribution in [2.45, 2.75) is 31.7 Å². The molecule has 1 aliphatic rings. The number of hydrogen-bond acceptors (Lipinski definition) is 2. The van der Waals surface area contributed by atoms with Gasteiger partial charge in [-0.1, -0.05) is 48.5 Å². The van der Waals surface area contributed by atoms with E-state index >= 15 is 0 Å². The average Bonchev–Trinajstić information content (AvgIpc) is 2.19. The maximum absolute atomic E-state index is 6.17. The van der Waals surface area contributed by atoms with Crippen LogP contribution in [-0.4, -0.2) is 0 Å². The van der Waals surface area contributed by atoms with Crippen LogP contribution in [0.25, 0.3) is 0 Å². The van der Waals surface area contributed by atoms with E-state index in [2.05, 4.69) is 5.43 Å². The summed E-state index contributed by atoms with van der Waals surface area (Å²) in [5, 5.41) is 1.38. The SMILES string of the molecule is NNC(CC1CCC1)c1c(Cl)cccc1Cl. The van der Waals surface area contributed by atoms with E-state index < -0.39 is 0 Å². The predicted molar refractivity (Wildman–Crippen MR) is 68.5 cm³/mol. The molecule has 2 rings (SSSR count). The lowest BCUT2D eigenvalue weighted by Gasteiger charge is -2.30. The Kier molecular flexibility index (Phi) is 4.09. The van der Waals surface area contributed by atoms with E-state index in [4.69, 9.17) is 29.0 Å². The summed E-state index contributed by atoms with van der Waals surface area (Å²) in [6.45, 7) is 0. The first-order valence-electron chi connectivity index (χ1n) is 5.62. The summed E-state index contributed by atoms with van der Waals surface area (Å²) in [5.74, 6) is 6.36. The Morgan fingerprint density at radius 2 is 1.94 bits per heavy atom. The van der Waals surface area contributed by atoms with Crippen molar-refractivity contribution in [2.24, 2.45) is 11.8 Å². The average molecular weight is 259 g/mol. The van der Waals surface area contributed by atoms with Gasteiger partial charge in [0.25, 0.3) is 0 Å². The molecule has 0 bridgehead atoms. The summed E-state index contributed by atoms with van der Waals surface area (Å²) in [6, 6.07) is 5.62. The van der Waals surface area contributed by atoms with Gasteiger partial charge in [-0.15, -0.1) is 0 Å². The van der Waals surface area contributed by atoms with E-state index in [1.165, 1.54) is 19.3 Å². The van der Waals surface area contributed by atoms with E-state index in [0.29, 0.717) is 10.0 Å². The van der Waals surface area contributed by atoms with Gasteiger partial charge in [0.1, 0.15) is 0 Å². The Morgan fingerprint density at radius 1 is 1.31 bits per heavy atom. The molecule has 0 aliphatic heterocycles. The van der Waals surface area contributed by atoms with E-state index in [-0.39, 0.29) is 6.04 Å². The molecule has 1 aromatic rings. The third-order valence-corrected chi connectivity index (χ3v) is 4.00. The lowest BCUT2D eigenvalue weighted by molar-refractivity contribution is 0.262. The molecule has 16 heavy (non-hydrogen) atoms. The highest BCUT2D eigenvalue weighted by Crippen LogP contribution is 2.38. The van der Waals surface area contributed by atoms with Crippen LogP contribution in [0.2, 0.25) is 10.0 Å². The topological polar surface area (TPSA) is 38.0 Å². The molecule has 1 atom stereocenters. The van der Waals surface area contributed by atoms with Crippen LogP contribution in [0.5, 0.6) is 0 Å². The summed E-state index contributed by atoms with van der Waals surface area (Å²) in [5.41, 5.74) is 3.76. The maximum Gasteiger partial charge on any atom is 0.0492 e. The summed E-state index contributed by atoms with van der Waals surface area (Å²) < 4.78 is 0. The molecule has 1 saturated carbocycles. The minimum absolute atomic E-state index is 0.0616. The first kappa shape index (κ1) is 12.2. The molecule has 0 aromatic heterocycles. The minimum Gasteiger partial charge on any atom is -0.271 e. The molecule has 4 heteroatoms. The number of halogens is 2. The molecule has 1 unspecified atom stereocenters. The Morgan fingerprint density at radius 3 is 2.38 bits per heavy atom. The molecule has 3 N–H and O–H groups in total. The highest BCUT2D eigenvalue weighted by Gasteiger charge is 2.24. The Labute approximate surface area is 106 Å². The van der Waals surface area contributed by atoms with Crippen molar-refractivity contribution >= 4 is 23.2 Å². The van der Waals surface area contributed by atoms with Gasteiger partial charge >= 0.3 is 0 Å². The third kappa shape index (κ3) is 2.51. The molecule has 0 spiro atoms. The molecule has 2 nitrogen and oxygen atoms in total. The fraction of sp³-hybridized carbons (Fsp3) is 0.500. The zero-order valence-electron chi connectivity index (χ0n) is 9.05. The van der Waals surface area contributed by atoms with Crippen LogP contribution in [0.15, 0.2) is 18.2 Å². The van der Waals surface area contributed by atoms with Crippen LogP contribution in [0.3, 0.4) is 0 Å². The molecule has 1 aromatic carbocycles. The fourth-order valence-corrected chi connectivity index (χ4v) is 2.84. The number of nitrogens with one attached hydrogen (secondary N) is 1. The number of benzene rings is 1. The van der Waals surface area contributed by atoms with Gasteiger partial charge in [-0.2, -0.15) is 0 Å². The second-order valence-corrected chi connectivity index (χ2v) is 5.20. The smallest absolute Gasteiger partial charge is 0.0492 e. The molecule has 0 saturated heterocycles. The number of hydrazine groups is 1. The van der Waals surface area contributed by atoms with Gasteiger partial charge in [-0.3, -0.25) is 11.3 Å². The monoisotopic (exact) mass is 258 g/mol. The van der Waals surface area contributed by atoms with Crippen LogP contribution >= 0.6 is 23.2 Å². The molecule has 1 aliphatic carbocycles. The van der Waals surface area contributed by atoms with E-state index in [1.54, 1.807) is 0 Å². The zero-order valence-corrected chi connectivity index (χ0v) is 10.6. The van der Waals surface area contributed by atoms with Crippen molar-refractivity contribution in [3.05, 3.63) is 33.8 Å². The minimum atomic E-state index is 0.0616. The van der Waals surface area contributed by atoms with Crippen LogP contribution in [0.4, 0.5) is 0 Å². The van der Waals surface area contributed by atoms with E-state index in [0.717, 1.165) is 17.9 Å². The maximum atomic E-state index is 6.17. The van der Waals surface area contributed by atoms with Crippen LogP contribution < -0.4 is 11.3 Å². The molecule has 0 amide bonds. The molecular formula is C12H16Cl2N2. The van der Waals surface area contributed by atoms with Crippen LogP contribution in [0.1, 0.15) is 37.3 Å². The van der Waals surface area contributed by atoms with Gasteiger partial charge in [-0.05, 0) is 24.5 Å². The van der Waals surface area contributed by atoms with Crippen molar-refractivity contribution in [1.29, 1.82) is 0 Å². The van der Waals surface area contributed by atoms with Gasteiger partial charge in [0.15, 0.2) is 0 Å². The summed E-state index contributed by atoms with van der Waals surface area (Å²) in [6.07, 6.45) is 4.93. The Balaban J connectivity index is 2.17. The zero-order chi connectivity index (χ0) is 11.5. The van der Waals surface area contributed by atoms with E-state index in [1.807, 2.05) is 18.2 Å². The van der Waals surface area contributed by atoms with Crippen molar-refractivity contribution in [1.82, 2.24) is 5.43 Å².